The lowest BCUT2D eigenvalue weighted by Gasteiger charge is -2.31. The van der Waals surface area contributed by atoms with Crippen molar-refractivity contribution in [1.82, 2.24) is 10.2 Å². The molecule has 1 aromatic carbocycles. The van der Waals surface area contributed by atoms with Crippen molar-refractivity contribution >= 4 is 23.2 Å². The fraction of sp³-hybridized carbons (Fsp3) is 0.455. The first-order valence-corrected chi connectivity index (χ1v) is 10.8. The van der Waals surface area contributed by atoms with Crippen LogP contribution < -0.4 is 14.8 Å². The Balaban J connectivity index is 1.65. The SMILES string of the molecule is CCCC(NC(=O)Cc1ccc(OC)cc1OC)C(=O)N1CCc2sccc2C1. The molecule has 1 unspecified atom stereocenters. The summed E-state index contributed by atoms with van der Waals surface area (Å²) in [7, 11) is 3.15. The lowest BCUT2D eigenvalue weighted by Crippen LogP contribution is -2.50. The zero-order valence-electron chi connectivity index (χ0n) is 17.2. The standard InChI is InChI=1S/C22H28N2O4S/c1-4-5-18(22(26)24-10-8-20-16(14-24)9-11-29-20)23-21(25)12-15-6-7-17(27-2)13-19(15)28-3/h6-7,9,11,13,18H,4-5,8,10,12,14H2,1-3H3,(H,23,25). The largest absolute Gasteiger partial charge is 0.497 e. The Morgan fingerprint density at radius 2 is 2.07 bits per heavy atom. The molecular formula is C22H28N2O4S. The number of carbonyl (C=O) groups excluding carboxylic acids is 2. The molecule has 1 aliphatic rings. The Morgan fingerprint density at radius 3 is 2.79 bits per heavy atom. The third-order valence-corrected chi connectivity index (χ3v) is 6.20. The average molecular weight is 417 g/mol. The van der Waals surface area contributed by atoms with Gasteiger partial charge < -0.3 is 19.7 Å². The molecule has 0 radical (unpaired) electrons. The van der Waals surface area contributed by atoms with E-state index in [-0.39, 0.29) is 18.2 Å². The molecular weight excluding hydrogens is 388 g/mol. The first kappa shape index (κ1) is 21.2. The van der Waals surface area contributed by atoms with Crippen LogP contribution in [-0.4, -0.2) is 43.5 Å². The van der Waals surface area contributed by atoms with Crippen molar-refractivity contribution in [3.8, 4) is 11.5 Å². The third kappa shape index (κ3) is 5.09. The van der Waals surface area contributed by atoms with Gasteiger partial charge in [0.1, 0.15) is 17.5 Å². The second-order valence-electron chi connectivity index (χ2n) is 7.14. The van der Waals surface area contributed by atoms with E-state index >= 15 is 0 Å². The zero-order chi connectivity index (χ0) is 20.8. The van der Waals surface area contributed by atoms with Crippen molar-refractivity contribution in [1.29, 1.82) is 0 Å². The summed E-state index contributed by atoms with van der Waals surface area (Å²) in [5.41, 5.74) is 1.98. The molecule has 1 N–H and O–H groups in total. The van der Waals surface area contributed by atoms with Crippen LogP contribution in [0.15, 0.2) is 29.6 Å². The van der Waals surface area contributed by atoms with E-state index in [1.165, 1.54) is 10.4 Å². The molecule has 156 valence electrons. The molecule has 0 fully saturated rings. The Labute approximate surface area is 175 Å². The second-order valence-corrected chi connectivity index (χ2v) is 8.14. The van der Waals surface area contributed by atoms with Crippen LogP contribution in [0, 0.1) is 0 Å². The Bertz CT molecular complexity index is 864. The highest BCUT2D eigenvalue weighted by Crippen LogP contribution is 2.26. The highest BCUT2D eigenvalue weighted by atomic mass is 32.1. The average Bonchev–Trinajstić information content (AvgIpc) is 3.21. The summed E-state index contributed by atoms with van der Waals surface area (Å²) in [6.07, 6.45) is 2.47. The zero-order valence-corrected chi connectivity index (χ0v) is 18.0. The third-order valence-electron chi connectivity index (χ3n) is 5.18. The van der Waals surface area contributed by atoms with Gasteiger partial charge in [0.15, 0.2) is 0 Å². The quantitative estimate of drug-likeness (QED) is 0.718. The van der Waals surface area contributed by atoms with E-state index in [1.807, 2.05) is 17.9 Å². The van der Waals surface area contributed by atoms with Gasteiger partial charge in [-0.15, -0.1) is 11.3 Å². The van der Waals surface area contributed by atoms with Gasteiger partial charge in [-0.25, -0.2) is 0 Å². The number of carbonyl (C=O) groups is 2. The summed E-state index contributed by atoms with van der Waals surface area (Å²) < 4.78 is 10.6. The minimum Gasteiger partial charge on any atom is -0.497 e. The first-order chi connectivity index (χ1) is 14.0. The maximum atomic E-state index is 13.1. The van der Waals surface area contributed by atoms with Crippen LogP contribution in [-0.2, 0) is 29.0 Å². The summed E-state index contributed by atoms with van der Waals surface area (Å²) in [4.78, 5) is 29.0. The van der Waals surface area contributed by atoms with Crippen molar-refractivity contribution in [2.24, 2.45) is 0 Å². The lowest BCUT2D eigenvalue weighted by molar-refractivity contribution is -0.137. The van der Waals surface area contributed by atoms with Crippen molar-refractivity contribution in [2.75, 3.05) is 20.8 Å². The number of nitrogens with zero attached hydrogens (tertiary/aromatic N) is 1. The number of ether oxygens (including phenoxy) is 2. The molecule has 1 aliphatic heterocycles. The fourth-order valence-corrected chi connectivity index (χ4v) is 4.51. The number of amides is 2. The van der Waals surface area contributed by atoms with Crippen molar-refractivity contribution < 1.29 is 19.1 Å². The molecule has 0 bridgehead atoms. The fourth-order valence-electron chi connectivity index (χ4n) is 3.62. The molecule has 0 aliphatic carbocycles. The number of benzene rings is 1. The number of nitrogens with one attached hydrogen (secondary N) is 1. The number of hydrogen-bond donors (Lipinski definition) is 1. The van der Waals surface area contributed by atoms with Gasteiger partial charge in [0, 0.05) is 29.6 Å². The van der Waals surface area contributed by atoms with Gasteiger partial charge in [-0.2, -0.15) is 0 Å². The highest BCUT2D eigenvalue weighted by molar-refractivity contribution is 7.10. The molecule has 7 heteroatoms. The topological polar surface area (TPSA) is 67.9 Å². The van der Waals surface area contributed by atoms with Gasteiger partial charge in [0.05, 0.1) is 20.6 Å². The predicted octanol–water partition coefficient (Wildman–Crippen LogP) is 3.18. The minimum absolute atomic E-state index is 0.00116. The number of fused-ring (bicyclic) bond motifs is 1. The van der Waals surface area contributed by atoms with E-state index in [0.29, 0.717) is 31.0 Å². The van der Waals surface area contributed by atoms with E-state index in [0.717, 1.165) is 18.4 Å². The molecule has 1 atom stereocenters. The second kappa shape index (κ2) is 9.78. The van der Waals surface area contributed by atoms with Crippen LogP contribution in [0.1, 0.15) is 35.8 Å². The Kier molecular flexibility index (Phi) is 7.14. The van der Waals surface area contributed by atoms with E-state index in [9.17, 15) is 9.59 Å². The molecule has 3 rings (SSSR count). The van der Waals surface area contributed by atoms with Crippen LogP contribution in [0.4, 0.5) is 0 Å². The smallest absolute Gasteiger partial charge is 0.245 e. The van der Waals surface area contributed by atoms with E-state index in [2.05, 4.69) is 16.8 Å². The summed E-state index contributed by atoms with van der Waals surface area (Å²) >= 11 is 1.75. The molecule has 0 saturated heterocycles. The molecule has 29 heavy (non-hydrogen) atoms. The first-order valence-electron chi connectivity index (χ1n) is 9.90. The summed E-state index contributed by atoms with van der Waals surface area (Å²) in [6, 6.07) is 6.95. The van der Waals surface area contributed by atoms with Crippen molar-refractivity contribution in [2.45, 2.75) is 45.2 Å². The Hall–Kier alpha value is -2.54. The highest BCUT2D eigenvalue weighted by Gasteiger charge is 2.28. The van der Waals surface area contributed by atoms with Gasteiger partial charge >= 0.3 is 0 Å². The van der Waals surface area contributed by atoms with Crippen molar-refractivity contribution in [3.63, 3.8) is 0 Å². The normalized spacial score (nSPS) is 14.1. The van der Waals surface area contributed by atoms with Crippen LogP contribution in [0.3, 0.4) is 0 Å². The number of thiophene rings is 1. The molecule has 0 spiro atoms. The number of rotatable bonds is 8. The van der Waals surface area contributed by atoms with Crippen LogP contribution in [0.2, 0.25) is 0 Å². The van der Waals surface area contributed by atoms with Crippen LogP contribution in [0.5, 0.6) is 11.5 Å². The van der Waals surface area contributed by atoms with Gasteiger partial charge in [0.25, 0.3) is 0 Å². The molecule has 2 heterocycles. The summed E-state index contributed by atoms with van der Waals surface area (Å²) in [6.45, 7) is 3.35. The molecule has 0 saturated carbocycles. The van der Waals surface area contributed by atoms with Gasteiger partial charge in [-0.05, 0) is 35.9 Å². The van der Waals surface area contributed by atoms with Crippen molar-refractivity contribution in [3.05, 3.63) is 45.6 Å². The maximum absolute atomic E-state index is 13.1. The molecule has 2 amide bonds. The lowest BCUT2D eigenvalue weighted by atomic mass is 10.1. The van der Waals surface area contributed by atoms with E-state index < -0.39 is 6.04 Å². The molecule has 2 aromatic rings. The Morgan fingerprint density at radius 1 is 1.24 bits per heavy atom. The number of methoxy groups -OCH3 is 2. The minimum atomic E-state index is -0.503. The number of hydrogen-bond acceptors (Lipinski definition) is 5. The van der Waals surface area contributed by atoms with Gasteiger partial charge in [0.2, 0.25) is 11.8 Å². The maximum Gasteiger partial charge on any atom is 0.245 e. The van der Waals surface area contributed by atoms with E-state index in [1.54, 1.807) is 37.7 Å². The van der Waals surface area contributed by atoms with Gasteiger partial charge in [-0.3, -0.25) is 9.59 Å². The van der Waals surface area contributed by atoms with Crippen LogP contribution in [0.25, 0.3) is 0 Å². The predicted molar refractivity (Wildman–Crippen MR) is 114 cm³/mol. The molecule has 6 nitrogen and oxygen atoms in total. The summed E-state index contributed by atoms with van der Waals surface area (Å²) in [5, 5.41) is 5.02. The van der Waals surface area contributed by atoms with Crippen LogP contribution >= 0.6 is 11.3 Å². The monoisotopic (exact) mass is 416 g/mol. The molecule has 1 aromatic heterocycles. The van der Waals surface area contributed by atoms with E-state index in [4.69, 9.17) is 9.47 Å². The summed E-state index contributed by atoms with van der Waals surface area (Å²) in [5.74, 6) is 1.08. The van der Waals surface area contributed by atoms with Gasteiger partial charge in [-0.1, -0.05) is 19.4 Å².